The van der Waals surface area contributed by atoms with E-state index in [1.165, 1.54) is 24.8 Å². The van der Waals surface area contributed by atoms with Crippen LogP contribution in [0.5, 0.6) is 0 Å². The van der Waals surface area contributed by atoms with Gasteiger partial charge in [0.15, 0.2) is 0 Å². The first kappa shape index (κ1) is 17.0. The second kappa shape index (κ2) is 6.94. The summed E-state index contributed by atoms with van der Waals surface area (Å²) in [5.74, 6) is 0. The molecule has 1 N–H and O–H groups in total. The van der Waals surface area contributed by atoms with Crippen molar-refractivity contribution in [2.24, 2.45) is 0 Å². The van der Waals surface area contributed by atoms with Gasteiger partial charge in [0.05, 0.1) is 16.8 Å². The minimum absolute atomic E-state index is 0.0105. The van der Waals surface area contributed by atoms with Gasteiger partial charge in [0.25, 0.3) is 10.0 Å². The first-order valence-corrected chi connectivity index (χ1v) is 9.67. The van der Waals surface area contributed by atoms with Crippen LogP contribution in [0.15, 0.2) is 46.2 Å². The Morgan fingerprint density at radius 3 is 2.46 bits per heavy atom. The molecule has 1 aromatic carbocycles. The summed E-state index contributed by atoms with van der Waals surface area (Å²) >= 11 is 6.11. The van der Waals surface area contributed by atoms with Gasteiger partial charge in [-0.25, -0.2) is 0 Å². The highest BCUT2D eigenvalue weighted by Gasteiger charge is 2.23. The third-order valence-corrected chi connectivity index (χ3v) is 6.07. The largest absolute Gasteiger partial charge is 0.380 e. The Hall–Kier alpha value is -1.86. The number of nitrogens with one attached hydrogen (secondary N) is 1. The van der Waals surface area contributed by atoms with Crippen molar-refractivity contribution >= 4 is 27.3 Å². The Balaban J connectivity index is 1.94. The van der Waals surface area contributed by atoms with Crippen molar-refractivity contribution in [2.75, 3.05) is 5.32 Å². The van der Waals surface area contributed by atoms with Crippen molar-refractivity contribution in [1.29, 1.82) is 0 Å². The number of hydrogen-bond donors (Lipinski definition) is 1. The number of anilines is 1. The van der Waals surface area contributed by atoms with Crippen molar-refractivity contribution < 1.29 is 8.42 Å². The van der Waals surface area contributed by atoms with E-state index < -0.39 is 15.6 Å². The normalized spacial score (nSPS) is 16.0. The lowest BCUT2D eigenvalue weighted by Gasteiger charge is -2.24. The Kier molecular flexibility index (Phi) is 4.91. The SMILES string of the molecule is O=c1c(Cl)c(NC2CCCCC2)cnn1S(=O)(=O)c1ccccc1. The first-order valence-electron chi connectivity index (χ1n) is 7.85. The number of benzene rings is 1. The van der Waals surface area contributed by atoms with E-state index >= 15 is 0 Å². The molecular weight excluding hydrogens is 350 g/mol. The average Bonchev–Trinajstić information content (AvgIpc) is 2.60. The summed E-state index contributed by atoms with van der Waals surface area (Å²) in [6.07, 6.45) is 6.77. The maximum atomic E-state index is 12.5. The van der Waals surface area contributed by atoms with E-state index in [-0.39, 0.29) is 16.0 Å². The summed E-state index contributed by atoms with van der Waals surface area (Å²) in [6, 6.07) is 7.91. The summed E-state index contributed by atoms with van der Waals surface area (Å²) < 4.78 is 25.5. The number of aromatic nitrogens is 2. The zero-order chi connectivity index (χ0) is 17.2. The molecule has 0 spiro atoms. The highest BCUT2D eigenvalue weighted by molar-refractivity contribution is 7.89. The standard InChI is InChI=1S/C16H18ClN3O3S/c17-15-14(19-12-7-3-1-4-8-12)11-18-20(16(15)21)24(22,23)13-9-5-2-6-10-13/h2,5-6,9-12,19H,1,3-4,7-8H2. The van der Waals surface area contributed by atoms with Crippen LogP contribution in [0.4, 0.5) is 5.69 Å². The molecule has 24 heavy (non-hydrogen) atoms. The predicted octanol–water partition coefficient (Wildman–Crippen LogP) is 2.88. The Morgan fingerprint density at radius 2 is 1.79 bits per heavy atom. The molecule has 1 heterocycles. The fourth-order valence-electron chi connectivity index (χ4n) is 2.85. The quantitative estimate of drug-likeness (QED) is 0.898. The lowest BCUT2D eigenvalue weighted by Crippen LogP contribution is -2.32. The smallest absolute Gasteiger partial charge is 0.302 e. The van der Waals surface area contributed by atoms with E-state index in [4.69, 9.17) is 11.6 Å². The third kappa shape index (κ3) is 3.32. The van der Waals surface area contributed by atoms with E-state index in [2.05, 4.69) is 10.4 Å². The fourth-order valence-corrected chi connectivity index (χ4v) is 4.26. The maximum Gasteiger partial charge on any atom is 0.302 e. The van der Waals surface area contributed by atoms with E-state index in [1.54, 1.807) is 18.2 Å². The molecular formula is C16H18ClN3O3S. The molecule has 128 valence electrons. The Morgan fingerprint density at radius 1 is 1.12 bits per heavy atom. The minimum Gasteiger partial charge on any atom is -0.380 e. The maximum absolute atomic E-state index is 12.5. The summed E-state index contributed by atoms with van der Waals surface area (Å²) in [5, 5.41) is 6.87. The molecule has 2 aromatic rings. The monoisotopic (exact) mass is 367 g/mol. The van der Waals surface area contributed by atoms with Crippen molar-refractivity contribution in [2.45, 2.75) is 43.0 Å². The summed E-state index contributed by atoms with van der Waals surface area (Å²) in [5.41, 5.74) is -0.464. The van der Waals surface area contributed by atoms with Gasteiger partial charge < -0.3 is 5.32 Å². The zero-order valence-electron chi connectivity index (χ0n) is 13.0. The molecule has 6 nitrogen and oxygen atoms in total. The van der Waals surface area contributed by atoms with Crippen LogP contribution in [0.2, 0.25) is 5.02 Å². The van der Waals surface area contributed by atoms with Crippen molar-refractivity contribution in [1.82, 2.24) is 9.19 Å². The molecule has 0 unspecified atom stereocenters. The number of hydrogen-bond acceptors (Lipinski definition) is 5. The Labute approximate surface area is 145 Å². The van der Waals surface area contributed by atoms with Crippen molar-refractivity contribution in [3.05, 3.63) is 51.9 Å². The summed E-state index contributed by atoms with van der Waals surface area (Å²) in [6.45, 7) is 0. The van der Waals surface area contributed by atoms with Crippen LogP contribution in [-0.4, -0.2) is 23.6 Å². The number of nitrogens with zero attached hydrogens (tertiary/aromatic N) is 2. The molecule has 1 fully saturated rings. The van der Waals surface area contributed by atoms with Gasteiger partial charge in [0, 0.05) is 6.04 Å². The Bertz CT molecular complexity index is 875. The summed E-state index contributed by atoms with van der Waals surface area (Å²) in [4.78, 5) is 12.4. The van der Waals surface area contributed by atoms with Crippen LogP contribution in [0.1, 0.15) is 32.1 Å². The van der Waals surface area contributed by atoms with E-state index in [9.17, 15) is 13.2 Å². The van der Waals surface area contributed by atoms with Crippen LogP contribution < -0.4 is 10.9 Å². The van der Waals surface area contributed by atoms with Crippen LogP contribution in [0, 0.1) is 0 Å². The molecule has 0 atom stereocenters. The molecule has 0 aliphatic heterocycles. The molecule has 1 aromatic heterocycles. The van der Waals surface area contributed by atoms with Crippen LogP contribution in [-0.2, 0) is 10.0 Å². The van der Waals surface area contributed by atoms with Crippen LogP contribution in [0.3, 0.4) is 0 Å². The fraction of sp³-hybridized carbons (Fsp3) is 0.375. The van der Waals surface area contributed by atoms with Crippen LogP contribution >= 0.6 is 11.6 Å². The lowest BCUT2D eigenvalue weighted by molar-refractivity contribution is 0.462. The molecule has 1 aliphatic rings. The third-order valence-electron chi connectivity index (χ3n) is 4.12. The summed E-state index contributed by atoms with van der Waals surface area (Å²) in [7, 11) is -4.06. The second-order valence-corrected chi connectivity index (χ2v) is 7.96. The highest BCUT2D eigenvalue weighted by atomic mass is 35.5. The number of halogens is 1. The molecule has 0 bridgehead atoms. The van der Waals surface area contributed by atoms with Gasteiger partial charge in [-0.3, -0.25) is 4.79 Å². The second-order valence-electron chi connectivity index (χ2n) is 5.82. The first-order chi connectivity index (χ1) is 11.5. The van der Waals surface area contributed by atoms with Gasteiger partial charge in [-0.2, -0.15) is 13.5 Å². The van der Waals surface area contributed by atoms with Crippen LogP contribution in [0.25, 0.3) is 0 Å². The van der Waals surface area contributed by atoms with Gasteiger partial charge in [-0.05, 0) is 25.0 Å². The number of rotatable bonds is 4. The van der Waals surface area contributed by atoms with E-state index in [0.717, 1.165) is 25.7 Å². The minimum atomic E-state index is -4.06. The molecule has 1 saturated carbocycles. The van der Waals surface area contributed by atoms with E-state index in [0.29, 0.717) is 9.77 Å². The van der Waals surface area contributed by atoms with Crippen molar-refractivity contribution in [3.63, 3.8) is 0 Å². The van der Waals surface area contributed by atoms with Gasteiger partial charge in [0.1, 0.15) is 5.02 Å². The zero-order valence-corrected chi connectivity index (χ0v) is 14.6. The highest BCUT2D eigenvalue weighted by Crippen LogP contribution is 2.24. The topological polar surface area (TPSA) is 81.1 Å². The molecule has 0 amide bonds. The van der Waals surface area contributed by atoms with Gasteiger partial charge in [-0.15, -0.1) is 4.09 Å². The molecule has 0 saturated heterocycles. The predicted molar refractivity (Wildman–Crippen MR) is 93.0 cm³/mol. The van der Waals surface area contributed by atoms with Crippen molar-refractivity contribution in [3.8, 4) is 0 Å². The molecule has 1 aliphatic carbocycles. The average molecular weight is 368 g/mol. The molecule has 3 rings (SSSR count). The molecule has 8 heteroatoms. The van der Waals surface area contributed by atoms with E-state index in [1.807, 2.05) is 0 Å². The molecule has 0 radical (unpaired) electrons. The lowest BCUT2D eigenvalue weighted by atomic mass is 9.95. The van der Waals surface area contributed by atoms with Gasteiger partial charge >= 0.3 is 5.56 Å². The van der Waals surface area contributed by atoms with Gasteiger partial charge in [-0.1, -0.05) is 49.1 Å². The van der Waals surface area contributed by atoms with Gasteiger partial charge in [0.2, 0.25) is 0 Å².